The summed E-state index contributed by atoms with van der Waals surface area (Å²) in [5.41, 5.74) is 0. The van der Waals surface area contributed by atoms with Crippen LogP contribution in [0.2, 0.25) is 0 Å². The molecule has 0 radical (unpaired) electrons. The molecule has 3 rings (SSSR count). The van der Waals surface area contributed by atoms with Gasteiger partial charge in [-0.05, 0) is 25.7 Å². The second kappa shape index (κ2) is 4.71. The molecule has 5 heteroatoms. The molecule has 0 N–H and O–H groups in total. The fourth-order valence-corrected chi connectivity index (χ4v) is 2.79. The molecule has 1 aliphatic carbocycles. The normalized spacial score (nSPS) is 21.3. The predicted octanol–water partition coefficient (Wildman–Crippen LogP) is 1.73. The molecule has 0 unspecified atom stereocenters. The number of likely N-dealkylation sites (tertiary alicyclic amines) is 1. The van der Waals surface area contributed by atoms with Crippen molar-refractivity contribution in [1.29, 1.82) is 0 Å². The lowest BCUT2D eigenvalue weighted by Gasteiger charge is -2.31. The van der Waals surface area contributed by atoms with Crippen LogP contribution in [0.4, 0.5) is 0 Å². The van der Waals surface area contributed by atoms with Gasteiger partial charge in [-0.15, -0.1) is 10.2 Å². The number of amides is 1. The summed E-state index contributed by atoms with van der Waals surface area (Å²) < 4.78 is 2.25. The molecule has 1 saturated heterocycles. The summed E-state index contributed by atoms with van der Waals surface area (Å²) >= 11 is 0. The second-order valence-electron chi connectivity index (χ2n) is 5.34. The molecule has 1 aromatic rings. The molecule has 1 aromatic heterocycles. The summed E-state index contributed by atoms with van der Waals surface area (Å²) in [6.45, 7) is 3.67. The predicted molar refractivity (Wildman–Crippen MR) is 67.1 cm³/mol. The number of piperidine rings is 1. The largest absolute Gasteiger partial charge is 0.343 e. The molecule has 1 saturated carbocycles. The first-order valence-electron chi connectivity index (χ1n) is 6.96. The standard InChI is InChI=1S/C13H20N4O/c1-2-12(18)16-7-5-10(6-8-16)13-15-14-9-17(13)11-3-4-11/h9-11H,2-8H2,1H3. The Labute approximate surface area is 107 Å². The summed E-state index contributed by atoms with van der Waals surface area (Å²) in [7, 11) is 0. The SMILES string of the molecule is CCC(=O)N1CCC(c2nncn2C2CC2)CC1. The van der Waals surface area contributed by atoms with Gasteiger partial charge in [-0.1, -0.05) is 6.92 Å². The molecule has 2 heterocycles. The van der Waals surface area contributed by atoms with Crippen molar-refractivity contribution in [2.24, 2.45) is 0 Å². The molecule has 1 amide bonds. The minimum Gasteiger partial charge on any atom is -0.343 e. The van der Waals surface area contributed by atoms with Gasteiger partial charge >= 0.3 is 0 Å². The van der Waals surface area contributed by atoms with E-state index >= 15 is 0 Å². The highest BCUT2D eigenvalue weighted by Crippen LogP contribution is 2.38. The van der Waals surface area contributed by atoms with Crippen molar-refractivity contribution in [2.45, 2.75) is 51.0 Å². The van der Waals surface area contributed by atoms with E-state index < -0.39 is 0 Å². The zero-order chi connectivity index (χ0) is 12.5. The molecular formula is C13H20N4O. The topological polar surface area (TPSA) is 51.0 Å². The van der Waals surface area contributed by atoms with Crippen molar-refractivity contribution in [3.8, 4) is 0 Å². The van der Waals surface area contributed by atoms with Crippen LogP contribution < -0.4 is 0 Å². The lowest BCUT2D eigenvalue weighted by atomic mass is 9.95. The minimum atomic E-state index is 0.275. The first-order chi connectivity index (χ1) is 8.79. The van der Waals surface area contributed by atoms with Crippen LogP contribution in [-0.4, -0.2) is 38.7 Å². The molecule has 0 bridgehead atoms. The molecule has 0 atom stereocenters. The Morgan fingerprint density at radius 1 is 1.33 bits per heavy atom. The van der Waals surface area contributed by atoms with Gasteiger partial charge in [0, 0.05) is 31.5 Å². The number of nitrogens with zero attached hydrogens (tertiary/aromatic N) is 4. The number of carbonyl (C=O) groups excluding carboxylic acids is 1. The van der Waals surface area contributed by atoms with Crippen LogP contribution in [-0.2, 0) is 4.79 Å². The summed E-state index contributed by atoms with van der Waals surface area (Å²) in [4.78, 5) is 13.6. The molecule has 0 aromatic carbocycles. The van der Waals surface area contributed by atoms with Crippen LogP contribution in [0.25, 0.3) is 0 Å². The molecule has 2 fully saturated rings. The highest BCUT2D eigenvalue weighted by atomic mass is 16.2. The van der Waals surface area contributed by atoms with Crippen LogP contribution in [0.1, 0.15) is 56.8 Å². The van der Waals surface area contributed by atoms with Gasteiger partial charge in [0.25, 0.3) is 0 Å². The smallest absolute Gasteiger partial charge is 0.222 e. The van der Waals surface area contributed by atoms with Gasteiger partial charge in [0.1, 0.15) is 12.2 Å². The first-order valence-corrected chi connectivity index (χ1v) is 6.96. The zero-order valence-corrected chi connectivity index (χ0v) is 10.9. The van der Waals surface area contributed by atoms with Crippen molar-refractivity contribution in [3.63, 3.8) is 0 Å². The van der Waals surface area contributed by atoms with E-state index in [1.54, 1.807) is 0 Å². The van der Waals surface area contributed by atoms with E-state index in [-0.39, 0.29) is 5.91 Å². The molecule has 1 aliphatic heterocycles. The maximum absolute atomic E-state index is 11.6. The fourth-order valence-electron chi connectivity index (χ4n) is 2.79. The summed E-state index contributed by atoms with van der Waals surface area (Å²) in [5, 5.41) is 8.36. The molecule has 5 nitrogen and oxygen atoms in total. The van der Waals surface area contributed by atoms with Crippen molar-refractivity contribution < 1.29 is 4.79 Å². The van der Waals surface area contributed by atoms with Crippen LogP contribution >= 0.6 is 0 Å². The van der Waals surface area contributed by atoms with Crippen LogP contribution in [0.15, 0.2) is 6.33 Å². The van der Waals surface area contributed by atoms with Gasteiger partial charge in [0.2, 0.25) is 5.91 Å². The molecule has 18 heavy (non-hydrogen) atoms. The Hall–Kier alpha value is -1.39. The number of carbonyl (C=O) groups is 1. The Morgan fingerprint density at radius 3 is 2.67 bits per heavy atom. The average molecular weight is 248 g/mol. The van der Waals surface area contributed by atoms with Crippen molar-refractivity contribution in [2.75, 3.05) is 13.1 Å². The number of hydrogen-bond acceptors (Lipinski definition) is 3. The van der Waals surface area contributed by atoms with Crippen LogP contribution in [0, 0.1) is 0 Å². The Morgan fingerprint density at radius 2 is 2.06 bits per heavy atom. The third kappa shape index (κ3) is 2.13. The molecule has 2 aliphatic rings. The van der Waals surface area contributed by atoms with Crippen LogP contribution in [0.5, 0.6) is 0 Å². The van der Waals surface area contributed by atoms with E-state index in [9.17, 15) is 4.79 Å². The third-order valence-electron chi connectivity index (χ3n) is 4.06. The summed E-state index contributed by atoms with van der Waals surface area (Å²) in [5.74, 6) is 1.90. The van der Waals surface area contributed by atoms with E-state index in [1.165, 1.54) is 12.8 Å². The van der Waals surface area contributed by atoms with Gasteiger partial charge in [0.15, 0.2) is 0 Å². The molecule has 0 spiro atoms. The highest BCUT2D eigenvalue weighted by molar-refractivity contribution is 5.75. The van der Waals surface area contributed by atoms with Gasteiger partial charge in [-0.25, -0.2) is 0 Å². The monoisotopic (exact) mass is 248 g/mol. The van der Waals surface area contributed by atoms with Crippen molar-refractivity contribution in [1.82, 2.24) is 19.7 Å². The van der Waals surface area contributed by atoms with Gasteiger partial charge in [0.05, 0.1) is 0 Å². The highest BCUT2D eigenvalue weighted by Gasteiger charge is 2.31. The lowest BCUT2D eigenvalue weighted by molar-refractivity contribution is -0.131. The molecular weight excluding hydrogens is 228 g/mol. The average Bonchev–Trinajstić information content (AvgIpc) is 3.15. The third-order valence-corrected chi connectivity index (χ3v) is 4.06. The van der Waals surface area contributed by atoms with Crippen LogP contribution in [0.3, 0.4) is 0 Å². The Kier molecular flexibility index (Phi) is 3.06. The maximum Gasteiger partial charge on any atom is 0.222 e. The van der Waals surface area contributed by atoms with Gasteiger partial charge in [-0.3, -0.25) is 4.79 Å². The number of hydrogen-bond donors (Lipinski definition) is 0. The van der Waals surface area contributed by atoms with Crippen molar-refractivity contribution in [3.05, 3.63) is 12.2 Å². The van der Waals surface area contributed by atoms with E-state index in [4.69, 9.17) is 0 Å². The van der Waals surface area contributed by atoms with Gasteiger partial charge < -0.3 is 9.47 Å². The van der Waals surface area contributed by atoms with E-state index in [0.29, 0.717) is 18.4 Å². The minimum absolute atomic E-state index is 0.275. The maximum atomic E-state index is 11.6. The Balaban J connectivity index is 1.65. The quantitative estimate of drug-likeness (QED) is 0.818. The fraction of sp³-hybridized carbons (Fsp3) is 0.769. The second-order valence-corrected chi connectivity index (χ2v) is 5.34. The van der Waals surface area contributed by atoms with Gasteiger partial charge in [-0.2, -0.15) is 0 Å². The number of rotatable bonds is 3. The summed E-state index contributed by atoms with van der Waals surface area (Å²) in [6.07, 6.45) is 7.06. The Bertz CT molecular complexity index is 430. The summed E-state index contributed by atoms with van der Waals surface area (Å²) in [6, 6.07) is 0.644. The number of aromatic nitrogens is 3. The lowest BCUT2D eigenvalue weighted by Crippen LogP contribution is -2.37. The van der Waals surface area contributed by atoms with E-state index in [0.717, 1.165) is 31.8 Å². The molecule has 98 valence electrons. The first kappa shape index (κ1) is 11.7. The van der Waals surface area contributed by atoms with E-state index in [1.807, 2.05) is 18.2 Å². The van der Waals surface area contributed by atoms with E-state index in [2.05, 4.69) is 14.8 Å². The van der Waals surface area contributed by atoms with Crippen molar-refractivity contribution >= 4 is 5.91 Å². The zero-order valence-electron chi connectivity index (χ0n) is 10.9.